The van der Waals surface area contributed by atoms with E-state index in [1.807, 2.05) is 0 Å². The van der Waals surface area contributed by atoms with Gasteiger partial charge in [-0.3, -0.25) is 0 Å². The summed E-state index contributed by atoms with van der Waals surface area (Å²) in [5.74, 6) is 0. The van der Waals surface area contributed by atoms with Crippen molar-refractivity contribution in [1.82, 2.24) is 0 Å². The van der Waals surface area contributed by atoms with Gasteiger partial charge in [-0.25, -0.2) is 0 Å². The molecule has 0 amide bonds. The molecule has 0 atom stereocenters. The molecular formula is C6H20O6Si4. The largest absolute Gasteiger partial charge is 0.500 e. The molecule has 0 bridgehead atoms. The van der Waals surface area contributed by atoms with Crippen molar-refractivity contribution >= 4 is 38.1 Å². The summed E-state index contributed by atoms with van der Waals surface area (Å²) in [4.78, 5) is 0. The fourth-order valence-corrected chi connectivity index (χ4v) is 10.8. The van der Waals surface area contributed by atoms with Crippen LogP contribution in [0.2, 0.25) is 12.1 Å². The van der Waals surface area contributed by atoms with E-state index in [9.17, 15) is 0 Å². The topological polar surface area (TPSA) is 55.4 Å². The van der Waals surface area contributed by atoms with Gasteiger partial charge in [0, 0.05) is 27.4 Å². The first kappa shape index (κ1) is 14.7. The summed E-state index contributed by atoms with van der Waals surface area (Å²) in [6.07, 6.45) is 0.974. The predicted octanol–water partition coefficient (Wildman–Crippen LogP) is -1.46. The molecule has 96 valence electrons. The quantitative estimate of drug-likeness (QED) is 0.536. The fraction of sp³-hybridized carbons (Fsp3) is 1.00. The lowest BCUT2D eigenvalue weighted by Gasteiger charge is -2.26. The Bertz CT molecular complexity index is 178. The number of hydrogen-bond acceptors (Lipinski definition) is 6. The van der Waals surface area contributed by atoms with Gasteiger partial charge in [0.25, 0.3) is 20.0 Å². The monoisotopic (exact) mass is 300 g/mol. The van der Waals surface area contributed by atoms with E-state index in [2.05, 4.69) is 0 Å². The highest BCUT2D eigenvalue weighted by atomic mass is 28.4. The highest BCUT2D eigenvalue weighted by Crippen LogP contribution is 2.18. The van der Waals surface area contributed by atoms with Gasteiger partial charge in [0.05, 0.1) is 0 Å². The van der Waals surface area contributed by atoms with Gasteiger partial charge in [-0.1, -0.05) is 0 Å². The van der Waals surface area contributed by atoms with Gasteiger partial charge >= 0.3 is 18.1 Å². The molecule has 1 fully saturated rings. The zero-order valence-electron chi connectivity index (χ0n) is 10.1. The molecule has 0 aliphatic carbocycles. The first-order valence-corrected chi connectivity index (χ1v) is 11.2. The molecule has 1 aliphatic rings. The van der Waals surface area contributed by atoms with Gasteiger partial charge in [-0.15, -0.1) is 0 Å². The molecule has 6 nitrogen and oxygen atoms in total. The molecular weight excluding hydrogens is 280 g/mol. The van der Waals surface area contributed by atoms with Crippen molar-refractivity contribution in [2.75, 3.05) is 21.3 Å². The molecule has 1 heterocycles. The highest BCUT2D eigenvalue weighted by Gasteiger charge is 2.37. The summed E-state index contributed by atoms with van der Waals surface area (Å²) >= 11 is 0. The molecule has 10 heteroatoms. The van der Waals surface area contributed by atoms with E-state index in [1.165, 1.54) is 0 Å². The van der Waals surface area contributed by atoms with Gasteiger partial charge in [-0.2, -0.15) is 0 Å². The molecule has 0 unspecified atom stereocenters. The smallest absolute Gasteiger partial charge is 0.425 e. The molecule has 1 rings (SSSR count). The van der Waals surface area contributed by atoms with Crippen LogP contribution < -0.4 is 0 Å². The standard InChI is InChI=1S/C6H20O6Si4/c1-7-16(8-2,9-3)6-4-5-15-11-13-10-14-12-15/h15H,4-6,13-14H2,1-3H3. The Morgan fingerprint density at radius 1 is 1.06 bits per heavy atom. The third-order valence-electron chi connectivity index (χ3n) is 2.53. The maximum atomic E-state index is 5.55. The molecule has 0 saturated carbocycles. The summed E-state index contributed by atoms with van der Waals surface area (Å²) in [5, 5.41) is 0. The minimum absolute atomic E-state index is 0.701. The molecule has 0 spiro atoms. The van der Waals surface area contributed by atoms with Crippen LogP contribution in [0.5, 0.6) is 0 Å². The average molecular weight is 301 g/mol. The lowest BCUT2D eigenvalue weighted by atomic mass is 10.6. The summed E-state index contributed by atoms with van der Waals surface area (Å²) in [5.41, 5.74) is 0. The summed E-state index contributed by atoms with van der Waals surface area (Å²) in [6, 6.07) is 1.81. The highest BCUT2D eigenvalue weighted by molar-refractivity contribution is 6.62. The third-order valence-corrected chi connectivity index (χ3v) is 11.6. The second-order valence-corrected chi connectivity index (χ2v) is 12.7. The van der Waals surface area contributed by atoms with Crippen molar-refractivity contribution in [1.29, 1.82) is 0 Å². The Kier molecular flexibility index (Phi) is 7.21. The van der Waals surface area contributed by atoms with Crippen LogP contribution in [-0.2, 0) is 25.6 Å². The van der Waals surface area contributed by atoms with Crippen LogP contribution in [0.4, 0.5) is 0 Å². The van der Waals surface area contributed by atoms with Gasteiger partial charge in [0.15, 0.2) is 0 Å². The zero-order valence-corrected chi connectivity index (χ0v) is 15.0. The van der Waals surface area contributed by atoms with E-state index in [1.54, 1.807) is 21.3 Å². The van der Waals surface area contributed by atoms with Crippen LogP contribution in [0.3, 0.4) is 0 Å². The normalized spacial score (nSPS) is 25.3. The summed E-state index contributed by atoms with van der Waals surface area (Å²) < 4.78 is 32.4. The van der Waals surface area contributed by atoms with E-state index in [-0.39, 0.29) is 0 Å². The Labute approximate surface area is 104 Å². The van der Waals surface area contributed by atoms with Gasteiger partial charge in [0.1, 0.15) is 0 Å². The van der Waals surface area contributed by atoms with Crippen LogP contribution in [-0.4, -0.2) is 59.4 Å². The Morgan fingerprint density at radius 2 is 1.62 bits per heavy atom. The van der Waals surface area contributed by atoms with E-state index < -0.39 is 38.1 Å². The van der Waals surface area contributed by atoms with Crippen molar-refractivity contribution in [2.24, 2.45) is 0 Å². The Morgan fingerprint density at radius 3 is 2.12 bits per heavy atom. The Hall–Kier alpha value is 0.628. The molecule has 16 heavy (non-hydrogen) atoms. The van der Waals surface area contributed by atoms with Crippen LogP contribution in [0, 0.1) is 0 Å². The summed E-state index contributed by atoms with van der Waals surface area (Å²) in [7, 11) is -0.285. The lowest BCUT2D eigenvalue weighted by Crippen LogP contribution is -2.43. The van der Waals surface area contributed by atoms with Crippen molar-refractivity contribution < 1.29 is 25.6 Å². The molecule has 1 aliphatic heterocycles. The van der Waals surface area contributed by atoms with Crippen molar-refractivity contribution in [3.8, 4) is 0 Å². The zero-order chi connectivity index (χ0) is 11.9. The van der Waals surface area contributed by atoms with E-state index in [4.69, 9.17) is 25.6 Å². The van der Waals surface area contributed by atoms with Crippen LogP contribution >= 0.6 is 0 Å². The van der Waals surface area contributed by atoms with Gasteiger partial charge < -0.3 is 25.6 Å². The first-order valence-electron chi connectivity index (χ1n) is 5.23. The average Bonchev–Trinajstić information content (AvgIpc) is 2.37. The molecule has 0 radical (unpaired) electrons. The predicted molar refractivity (Wildman–Crippen MR) is 68.5 cm³/mol. The van der Waals surface area contributed by atoms with Crippen molar-refractivity contribution in [3.05, 3.63) is 0 Å². The molecule has 0 N–H and O–H groups in total. The van der Waals surface area contributed by atoms with Crippen molar-refractivity contribution in [3.63, 3.8) is 0 Å². The summed E-state index contributed by atoms with van der Waals surface area (Å²) in [6.45, 7) is 0. The van der Waals surface area contributed by atoms with Gasteiger partial charge in [-0.05, 0) is 12.5 Å². The maximum absolute atomic E-state index is 5.55. The van der Waals surface area contributed by atoms with E-state index in [0.29, 0.717) is 0 Å². The molecule has 0 aromatic carbocycles. The van der Waals surface area contributed by atoms with Crippen LogP contribution in [0.1, 0.15) is 6.42 Å². The lowest BCUT2D eigenvalue weighted by molar-refractivity contribution is 0.123. The molecule has 0 aromatic heterocycles. The van der Waals surface area contributed by atoms with E-state index >= 15 is 0 Å². The minimum Gasteiger partial charge on any atom is -0.425 e. The number of rotatable bonds is 7. The maximum Gasteiger partial charge on any atom is 0.500 e. The second kappa shape index (κ2) is 7.86. The SMILES string of the molecule is CO[Si](CCC[SiH]1O[SiH2]O[SiH2]O1)(OC)OC. The van der Waals surface area contributed by atoms with Crippen LogP contribution in [0.25, 0.3) is 0 Å². The first-order chi connectivity index (χ1) is 7.76. The number of hydrogen-bond donors (Lipinski definition) is 0. The second-order valence-electron chi connectivity index (χ2n) is 3.39. The minimum atomic E-state index is -2.40. The molecule has 0 aromatic rings. The van der Waals surface area contributed by atoms with Crippen molar-refractivity contribution in [2.45, 2.75) is 18.5 Å². The van der Waals surface area contributed by atoms with Crippen LogP contribution in [0.15, 0.2) is 0 Å². The van der Waals surface area contributed by atoms with E-state index in [0.717, 1.165) is 18.5 Å². The fourth-order valence-electron chi connectivity index (χ4n) is 1.54. The molecule has 1 saturated heterocycles. The Balaban J connectivity index is 2.21. The third kappa shape index (κ3) is 4.48. The van der Waals surface area contributed by atoms with Gasteiger partial charge in [0.2, 0.25) is 0 Å².